The van der Waals surface area contributed by atoms with Crippen LogP contribution in [0.1, 0.15) is 33.1 Å². The van der Waals surface area contributed by atoms with Crippen LogP contribution in [0.4, 0.5) is 5.69 Å². The number of tetrazole rings is 1. The van der Waals surface area contributed by atoms with Crippen LogP contribution in [0.3, 0.4) is 0 Å². The molecule has 180 valence electrons. The van der Waals surface area contributed by atoms with Crippen molar-refractivity contribution < 1.29 is 14.3 Å². The minimum atomic E-state index is -0.516. The largest absolute Gasteiger partial charge is 0.493 e. The van der Waals surface area contributed by atoms with Gasteiger partial charge >= 0.3 is 0 Å². The number of carbonyl (C=O) groups excluding carboxylic acids is 1. The monoisotopic (exact) mass is 471 g/mol. The third-order valence-electron chi connectivity index (χ3n) is 7.17. The zero-order chi connectivity index (χ0) is 24.6. The predicted molar refractivity (Wildman–Crippen MR) is 134 cm³/mol. The molecule has 0 spiro atoms. The predicted octanol–water partition coefficient (Wildman–Crippen LogP) is 5.18. The van der Waals surface area contributed by atoms with Crippen molar-refractivity contribution in [2.24, 2.45) is 10.8 Å². The van der Waals surface area contributed by atoms with Gasteiger partial charge in [-0.25, -0.2) is 0 Å². The Morgan fingerprint density at radius 1 is 1.03 bits per heavy atom. The maximum atomic E-state index is 13.7. The first-order valence-electron chi connectivity index (χ1n) is 11.7. The van der Waals surface area contributed by atoms with Crippen LogP contribution >= 0.6 is 0 Å². The summed E-state index contributed by atoms with van der Waals surface area (Å²) in [7, 11) is 3.21. The first-order chi connectivity index (χ1) is 16.9. The molecule has 1 fully saturated rings. The highest BCUT2D eigenvalue weighted by Crippen LogP contribution is 2.68. The number of methoxy groups -OCH3 is 2. The summed E-state index contributed by atoms with van der Waals surface area (Å²) >= 11 is 0. The Kier molecular flexibility index (Phi) is 5.67. The van der Waals surface area contributed by atoms with Crippen molar-refractivity contribution >= 4 is 11.6 Å². The van der Waals surface area contributed by atoms with Crippen LogP contribution in [0, 0.1) is 10.8 Å². The summed E-state index contributed by atoms with van der Waals surface area (Å²) in [5.41, 5.74) is 3.71. The maximum Gasteiger partial charge on any atom is 0.235 e. The molecule has 0 aliphatic heterocycles. The fourth-order valence-corrected chi connectivity index (χ4v) is 5.14. The quantitative estimate of drug-likeness (QED) is 0.492. The van der Waals surface area contributed by atoms with Gasteiger partial charge in [-0.3, -0.25) is 4.79 Å². The standard InChI is InChI=1S/C27H29N5O3/c1-26(2)16-27(26,18-8-6-5-7-9-18)25(33)28-19-11-12-20(21(15-19)24-29-31-32-30-24)17-10-13-22(34-3)23(14-17)35-4/h6,8-15H,5,7,16H2,1-4H3,(H,28,33)(H,29,30,31,32). The second kappa shape index (κ2) is 8.69. The second-order valence-corrected chi connectivity index (χ2v) is 9.62. The molecule has 1 aromatic heterocycles. The summed E-state index contributed by atoms with van der Waals surface area (Å²) in [5.74, 6) is 1.71. The molecule has 1 amide bonds. The fourth-order valence-electron chi connectivity index (χ4n) is 5.14. The van der Waals surface area contributed by atoms with Gasteiger partial charge in [-0.05, 0) is 70.9 Å². The van der Waals surface area contributed by atoms with Crippen LogP contribution in [-0.4, -0.2) is 40.8 Å². The minimum Gasteiger partial charge on any atom is -0.493 e. The molecule has 2 aromatic carbocycles. The van der Waals surface area contributed by atoms with Gasteiger partial charge in [0.25, 0.3) is 0 Å². The lowest BCUT2D eigenvalue weighted by Gasteiger charge is -2.23. The van der Waals surface area contributed by atoms with E-state index in [0.717, 1.165) is 41.5 Å². The zero-order valence-electron chi connectivity index (χ0n) is 20.4. The molecular weight excluding hydrogens is 442 g/mol. The normalized spacial score (nSPS) is 20.2. The molecule has 8 heteroatoms. The Labute approximate surface area is 204 Å². The van der Waals surface area contributed by atoms with E-state index in [1.54, 1.807) is 14.2 Å². The number of nitrogens with one attached hydrogen (secondary N) is 2. The molecule has 3 aromatic rings. The Morgan fingerprint density at radius 2 is 1.83 bits per heavy atom. The number of rotatable bonds is 7. The molecule has 2 N–H and O–H groups in total. The summed E-state index contributed by atoms with van der Waals surface area (Å²) in [6, 6.07) is 11.5. The molecule has 1 saturated carbocycles. The van der Waals surface area contributed by atoms with E-state index < -0.39 is 5.41 Å². The average Bonchev–Trinajstić information content (AvgIpc) is 3.20. The van der Waals surface area contributed by atoms with Gasteiger partial charge in [-0.1, -0.05) is 44.2 Å². The minimum absolute atomic E-state index is 0.0122. The lowest BCUT2D eigenvalue weighted by molar-refractivity contribution is -0.120. The van der Waals surface area contributed by atoms with E-state index in [2.05, 4.69) is 58.0 Å². The van der Waals surface area contributed by atoms with Gasteiger partial charge in [0.05, 0.1) is 19.6 Å². The number of aromatic nitrogens is 4. The Balaban J connectivity index is 1.51. The van der Waals surface area contributed by atoms with E-state index >= 15 is 0 Å². The number of anilines is 1. The van der Waals surface area contributed by atoms with Crippen molar-refractivity contribution in [1.29, 1.82) is 0 Å². The summed E-state index contributed by atoms with van der Waals surface area (Å²) < 4.78 is 10.9. The smallest absolute Gasteiger partial charge is 0.235 e. The van der Waals surface area contributed by atoms with Crippen LogP contribution in [0.25, 0.3) is 22.5 Å². The highest BCUT2D eigenvalue weighted by molar-refractivity contribution is 6.02. The first-order valence-corrected chi connectivity index (χ1v) is 11.7. The number of benzene rings is 2. The van der Waals surface area contributed by atoms with Crippen molar-refractivity contribution in [3.63, 3.8) is 0 Å². The van der Waals surface area contributed by atoms with Crippen molar-refractivity contribution in [3.05, 3.63) is 60.2 Å². The Bertz CT molecular complexity index is 1330. The molecule has 1 atom stereocenters. The molecule has 5 rings (SSSR count). The van der Waals surface area contributed by atoms with Crippen LogP contribution in [0.2, 0.25) is 0 Å². The van der Waals surface area contributed by atoms with E-state index in [9.17, 15) is 4.79 Å². The van der Waals surface area contributed by atoms with Crippen molar-refractivity contribution in [3.8, 4) is 34.0 Å². The summed E-state index contributed by atoms with van der Waals surface area (Å²) in [5, 5.41) is 17.8. The van der Waals surface area contributed by atoms with Crippen molar-refractivity contribution in [1.82, 2.24) is 20.6 Å². The van der Waals surface area contributed by atoms with Crippen LogP contribution in [0.15, 0.2) is 60.2 Å². The number of aromatic amines is 1. The van der Waals surface area contributed by atoms with E-state index in [1.807, 2.05) is 36.4 Å². The highest BCUT2D eigenvalue weighted by Gasteiger charge is 2.67. The van der Waals surface area contributed by atoms with Crippen molar-refractivity contribution in [2.45, 2.75) is 33.1 Å². The topological polar surface area (TPSA) is 102 Å². The van der Waals surface area contributed by atoms with Crippen molar-refractivity contribution in [2.75, 3.05) is 19.5 Å². The van der Waals surface area contributed by atoms with Gasteiger partial charge in [0.2, 0.25) is 11.7 Å². The zero-order valence-corrected chi connectivity index (χ0v) is 20.4. The molecule has 8 nitrogen and oxygen atoms in total. The first kappa shape index (κ1) is 22.8. The van der Waals surface area contributed by atoms with Gasteiger partial charge in [-0.15, -0.1) is 10.2 Å². The van der Waals surface area contributed by atoms with Gasteiger partial charge in [0.1, 0.15) is 0 Å². The molecule has 0 radical (unpaired) electrons. The number of allylic oxidation sites excluding steroid dienone is 3. The summed E-state index contributed by atoms with van der Waals surface area (Å²) in [4.78, 5) is 13.7. The molecule has 35 heavy (non-hydrogen) atoms. The number of amides is 1. The summed E-state index contributed by atoms with van der Waals surface area (Å²) in [6.45, 7) is 4.31. The van der Waals surface area contributed by atoms with E-state index in [0.29, 0.717) is 23.0 Å². The third kappa shape index (κ3) is 3.88. The number of carbonyl (C=O) groups is 1. The lowest BCUT2D eigenvalue weighted by atomic mass is 9.84. The number of H-pyrrole nitrogens is 1. The lowest BCUT2D eigenvalue weighted by Crippen LogP contribution is -2.30. The molecule has 2 aliphatic rings. The Morgan fingerprint density at radius 3 is 2.46 bits per heavy atom. The summed E-state index contributed by atoms with van der Waals surface area (Å²) in [6.07, 6.45) is 9.29. The number of hydrogen-bond donors (Lipinski definition) is 2. The third-order valence-corrected chi connectivity index (χ3v) is 7.17. The molecular formula is C27H29N5O3. The van der Waals surface area contributed by atoms with Gasteiger partial charge in [0.15, 0.2) is 11.5 Å². The number of hydrogen-bond acceptors (Lipinski definition) is 6. The second-order valence-electron chi connectivity index (χ2n) is 9.62. The van der Waals surface area contributed by atoms with Gasteiger partial charge in [-0.2, -0.15) is 5.21 Å². The van der Waals surface area contributed by atoms with E-state index in [-0.39, 0.29) is 11.3 Å². The molecule has 1 heterocycles. The van der Waals surface area contributed by atoms with Gasteiger partial charge in [0, 0.05) is 11.3 Å². The maximum absolute atomic E-state index is 13.7. The number of ether oxygens (including phenoxy) is 2. The molecule has 0 bridgehead atoms. The van der Waals surface area contributed by atoms with E-state index in [1.165, 1.54) is 0 Å². The molecule has 0 saturated heterocycles. The van der Waals surface area contributed by atoms with Gasteiger partial charge < -0.3 is 14.8 Å². The Hall–Kier alpha value is -3.94. The fraction of sp³-hybridized carbons (Fsp3) is 0.333. The van der Waals surface area contributed by atoms with E-state index in [4.69, 9.17) is 9.47 Å². The SMILES string of the molecule is COc1ccc(-c2ccc(NC(=O)C3(C4=CCCC=C4)CC3(C)C)cc2-c2nn[nH]n2)cc1OC. The van der Waals surface area contributed by atoms with Crippen LogP contribution < -0.4 is 14.8 Å². The van der Waals surface area contributed by atoms with Crippen LogP contribution in [0.5, 0.6) is 11.5 Å². The molecule has 1 unspecified atom stereocenters. The average molecular weight is 472 g/mol. The molecule has 2 aliphatic carbocycles. The number of nitrogens with zero attached hydrogens (tertiary/aromatic N) is 3. The van der Waals surface area contributed by atoms with Crippen LogP contribution in [-0.2, 0) is 4.79 Å². The highest BCUT2D eigenvalue weighted by atomic mass is 16.5.